The van der Waals surface area contributed by atoms with E-state index in [9.17, 15) is 18.4 Å². The van der Waals surface area contributed by atoms with Gasteiger partial charge in [-0.1, -0.05) is 0 Å². The van der Waals surface area contributed by atoms with E-state index < -0.39 is 23.6 Å². The van der Waals surface area contributed by atoms with E-state index in [1.165, 1.54) is 0 Å². The number of carbonyl (C=O) groups excluding carboxylic acids is 2. The van der Waals surface area contributed by atoms with Gasteiger partial charge in [0.25, 0.3) is 11.7 Å². The van der Waals surface area contributed by atoms with Crippen LogP contribution in [-0.2, 0) is 19.1 Å². The minimum atomic E-state index is -1.90. The summed E-state index contributed by atoms with van der Waals surface area (Å²) >= 11 is 0. The molecule has 0 N–H and O–H groups in total. The van der Waals surface area contributed by atoms with Gasteiger partial charge >= 0.3 is 11.9 Å². The molecule has 0 saturated carbocycles. The van der Waals surface area contributed by atoms with Crippen molar-refractivity contribution in [3.8, 4) is 0 Å². The Bertz CT molecular complexity index is 210. The monoisotopic (exact) mass is 180 g/mol. The van der Waals surface area contributed by atoms with E-state index in [0.29, 0.717) is 0 Å². The Hall–Kier alpha value is -1.46. The molecule has 0 aliphatic heterocycles. The van der Waals surface area contributed by atoms with Crippen molar-refractivity contribution < 1.29 is 27.8 Å². The van der Waals surface area contributed by atoms with E-state index >= 15 is 0 Å². The fourth-order valence-electron chi connectivity index (χ4n) is 0.358. The molecular formula is C6H6F2O4. The molecule has 0 radical (unpaired) electrons. The SMILES string of the molecule is COC(=O)/C(F)=C(/F)C(=O)OC. The summed E-state index contributed by atoms with van der Waals surface area (Å²) in [6.45, 7) is 0. The van der Waals surface area contributed by atoms with Crippen LogP contribution < -0.4 is 0 Å². The third-order valence-corrected chi connectivity index (χ3v) is 0.922. The van der Waals surface area contributed by atoms with Crippen molar-refractivity contribution in [3.05, 3.63) is 11.7 Å². The van der Waals surface area contributed by atoms with Crippen molar-refractivity contribution in [2.75, 3.05) is 14.2 Å². The number of hydrogen-bond donors (Lipinski definition) is 0. The predicted molar refractivity (Wildman–Crippen MR) is 33.3 cm³/mol. The van der Waals surface area contributed by atoms with Crippen LogP contribution in [0.1, 0.15) is 0 Å². The average molecular weight is 180 g/mol. The van der Waals surface area contributed by atoms with Gasteiger partial charge < -0.3 is 9.47 Å². The van der Waals surface area contributed by atoms with Crippen molar-refractivity contribution >= 4 is 11.9 Å². The number of carbonyl (C=O) groups is 2. The number of hydrogen-bond acceptors (Lipinski definition) is 4. The van der Waals surface area contributed by atoms with Crippen LogP contribution in [0.4, 0.5) is 8.78 Å². The van der Waals surface area contributed by atoms with Gasteiger partial charge in [0.1, 0.15) is 0 Å². The van der Waals surface area contributed by atoms with Gasteiger partial charge in [-0.15, -0.1) is 0 Å². The largest absolute Gasteiger partial charge is 0.464 e. The summed E-state index contributed by atoms with van der Waals surface area (Å²) in [7, 11) is 1.71. The number of rotatable bonds is 2. The highest BCUT2D eigenvalue weighted by Gasteiger charge is 2.22. The molecular weight excluding hydrogens is 174 g/mol. The van der Waals surface area contributed by atoms with Gasteiger partial charge in [0.15, 0.2) is 0 Å². The van der Waals surface area contributed by atoms with Gasteiger partial charge in [0.2, 0.25) is 0 Å². The molecule has 0 saturated heterocycles. The van der Waals surface area contributed by atoms with E-state index in [4.69, 9.17) is 0 Å². The number of esters is 2. The highest BCUT2D eigenvalue weighted by Crippen LogP contribution is 2.10. The quantitative estimate of drug-likeness (QED) is 0.458. The third-order valence-electron chi connectivity index (χ3n) is 0.922. The van der Waals surface area contributed by atoms with Gasteiger partial charge in [-0.25, -0.2) is 9.59 Å². The first-order valence-electron chi connectivity index (χ1n) is 2.76. The van der Waals surface area contributed by atoms with Crippen LogP contribution in [0.3, 0.4) is 0 Å². The Morgan fingerprint density at radius 3 is 1.33 bits per heavy atom. The number of methoxy groups -OCH3 is 2. The normalized spacial score (nSPS) is 11.7. The molecule has 6 heteroatoms. The molecule has 0 aromatic rings. The average Bonchev–Trinajstić information content (AvgIpc) is 2.12. The highest BCUT2D eigenvalue weighted by atomic mass is 19.2. The van der Waals surface area contributed by atoms with E-state index in [-0.39, 0.29) is 0 Å². The minimum absolute atomic E-state index is 0.854. The lowest BCUT2D eigenvalue weighted by atomic mass is 10.4. The summed E-state index contributed by atoms with van der Waals surface area (Å²) in [5, 5.41) is 0. The Balaban J connectivity index is 4.68. The summed E-state index contributed by atoms with van der Waals surface area (Å²) in [6.07, 6.45) is 0. The van der Waals surface area contributed by atoms with E-state index in [1.807, 2.05) is 0 Å². The van der Waals surface area contributed by atoms with Crippen molar-refractivity contribution in [3.63, 3.8) is 0 Å². The van der Waals surface area contributed by atoms with Crippen LogP contribution in [0.2, 0.25) is 0 Å². The first kappa shape index (κ1) is 10.5. The van der Waals surface area contributed by atoms with Crippen LogP contribution >= 0.6 is 0 Å². The summed E-state index contributed by atoms with van der Waals surface area (Å²) in [6, 6.07) is 0. The lowest BCUT2D eigenvalue weighted by Gasteiger charge is -1.96. The van der Waals surface area contributed by atoms with Gasteiger partial charge in [-0.05, 0) is 0 Å². The zero-order valence-electron chi connectivity index (χ0n) is 6.39. The van der Waals surface area contributed by atoms with Crippen LogP contribution in [0.15, 0.2) is 11.7 Å². The van der Waals surface area contributed by atoms with Crippen LogP contribution in [0.5, 0.6) is 0 Å². The molecule has 0 bridgehead atoms. The molecule has 0 aliphatic rings. The van der Waals surface area contributed by atoms with Crippen molar-refractivity contribution in [2.45, 2.75) is 0 Å². The molecule has 0 rings (SSSR count). The number of ether oxygens (including phenoxy) is 2. The maximum atomic E-state index is 12.4. The molecule has 0 unspecified atom stereocenters. The summed E-state index contributed by atoms with van der Waals surface area (Å²) in [5.41, 5.74) is 0. The summed E-state index contributed by atoms with van der Waals surface area (Å²) in [4.78, 5) is 20.5. The second-order valence-electron chi connectivity index (χ2n) is 1.61. The maximum Gasteiger partial charge on any atom is 0.370 e. The van der Waals surface area contributed by atoms with Crippen molar-refractivity contribution in [1.82, 2.24) is 0 Å². The lowest BCUT2D eigenvalue weighted by molar-refractivity contribution is -0.141. The van der Waals surface area contributed by atoms with Gasteiger partial charge in [-0.2, -0.15) is 8.78 Å². The molecule has 12 heavy (non-hydrogen) atoms. The fraction of sp³-hybridized carbons (Fsp3) is 0.333. The standard InChI is InChI=1S/C6H6F2O4/c1-11-5(9)3(7)4(8)6(10)12-2/h1-2H3/b4-3-. The zero-order valence-corrected chi connectivity index (χ0v) is 6.39. The predicted octanol–water partition coefficient (Wildman–Crippen LogP) is 0.483. The van der Waals surface area contributed by atoms with Crippen molar-refractivity contribution in [1.29, 1.82) is 0 Å². The van der Waals surface area contributed by atoms with E-state index in [1.54, 1.807) is 0 Å². The first-order valence-corrected chi connectivity index (χ1v) is 2.76. The second-order valence-corrected chi connectivity index (χ2v) is 1.61. The molecule has 0 spiro atoms. The summed E-state index contributed by atoms with van der Waals surface area (Å²) < 4.78 is 32.3. The molecule has 0 fully saturated rings. The zero-order chi connectivity index (χ0) is 9.72. The molecule has 0 atom stereocenters. The number of halogens is 2. The Morgan fingerprint density at radius 2 is 1.17 bits per heavy atom. The van der Waals surface area contributed by atoms with Crippen LogP contribution in [0.25, 0.3) is 0 Å². The fourth-order valence-corrected chi connectivity index (χ4v) is 0.358. The van der Waals surface area contributed by atoms with Gasteiger partial charge in [0, 0.05) is 0 Å². The second kappa shape index (κ2) is 4.42. The lowest BCUT2D eigenvalue weighted by Crippen LogP contribution is -2.09. The van der Waals surface area contributed by atoms with E-state index in [2.05, 4.69) is 9.47 Å². The molecule has 0 amide bonds. The Kier molecular flexibility index (Phi) is 3.89. The Morgan fingerprint density at radius 1 is 0.917 bits per heavy atom. The van der Waals surface area contributed by atoms with Crippen LogP contribution in [-0.4, -0.2) is 26.2 Å². The maximum absolute atomic E-state index is 12.4. The van der Waals surface area contributed by atoms with Crippen molar-refractivity contribution in [2.24, 2.45) is 0 Å². The molecule has 0 heterocycles. The van der Waals surface area contributed by atoms with Gasteiger partial charge in [0.05, 0.1) is 14.2 Å². The molecule has 0 aromatic carbocycles. The molecule has 4 nitrogen and oxygen atoms in total. The first-order chi connectivity index (χ1) is 5.54. The molecule has 0 aromatic heterocycles. The smallest absolute Gasteiger partial charge is 0.370 e. The van der Waals surface area contributed by atoms with Crippen LogP contribution in [0, 0.1) is 0 Å². The van der Waals surface area contributed by atoms with Gasteiger partial charge in [-0.3, -0.25) is 0 Å². The summed E-state index contributed by atoms with van der Waals surface area (Å²) in [5.74, 6) is -6.91. The molecule has 68 valence electrons. The third kappa shape index (κ3) is 2.30. The molecule has 0 aliphatic carbocycles. The minimum Gasteiger partial charge on any atom is -0.464 e. The van der Waals surface area contributed by atoms with E-state index in [0.717, 1.165) is 14.2 Å². The topological polar surface area (TPSA) is 52.6 Å². The highest BCUT2D eigenvalue weighted by molar-refractivity contribution is 5.96. The Labute approximate surface area is 66.8 Å².